The fourth-order valence-electron chi connectivity index (χ4n) is 1.84. The number of anilines is 2. The van der Waals surface area contributed by atoms with Gasteiger partial charge in [0.25, 0.3) is 0 Å². The number of pyridine rings is 2. The molecule has 0 atom stereocenters. The van der Waals surface area contributed by atoms with E-state index in [1.54, 1.807) is 18.5 Å². The van der Waals surface area contributed by atoms with E-state index < -0.39 is 0 Å². The van der Waals surface area contributed by atoms with E-state index in [4.69, 9.17) is 11.5 Å². The molecule has 0 aliphatic carbocycles. The van der Waals surface area contributed by atoms with Gasteiger partial charge in [-0.2, -0.15) is 0 Å². The van der Waals surface area contributed by atoms with Crippen molar-refractivity contribution in [1.82, 2.24) is 25.4 Å². The monoisotopic (exact) mass is 265 g/mol. The highest BCUT2D eigenvalue weighted by atomic mass is 15.3. The Morgan fingerprint density at radius 1 is 0.850 bits per heavy atom. The standard InChI is InChI=1S/C13H11N7/c14-11-8(9-4-6-18-20-19-9)7-17-13(12(11)15)10-3-1-2-5-16-10/h1-7H,15H2,(H2,14,17). The molecule has 3 aromatic rings. The number of aromatic nitrogens is 5. The van der Waals surface area contributed by atoms with Crippen molar-refractivity contribution >= 4 is 11.4 Å². The Hall–Kier alpha value is -3.09. The van der Waals surface area contributed by atoms with Crippen LogP contribution in [0.15, 0.2) is 42.9 Å². The predicted molar refractivity (Wildman–Crippen MR) is 75.1 cm³/mol. The van der Waals surface area contributed by atoms with Crippen molar-refractivity contribution < 1.29 is 0 Å². The predicted octanol–water partition coefficient (Wildman–Crippen LogP) is 1.16. The van der Waals surface area contributed by atoms with Crippen LogP contribution < -0.4 is 11.5 Å². The maximum absolute atomic E-state index is 6.07. The molecular weight excluding hydrogens is 254 g/mol. The molecule has 7 heteroatoms. The average Bonchev–Trinajstić information content (AvgIpc) is 2.52. The van der Waals surface area contributed by atoms with Crippen molar-refractivity contribution in [2.75, 3.05) is 11.5 Å². The van der Waals surface area contributed by atoms with Gasteiger partial charge >= 0.3 is 0 Å². The van der Waals surface area contributed by atoms with Gasteiger partial charge in [-0.15, -0.1) is 10.2 Å². The molecule has 0 spiro atoms. The lowest BCUT2D eigenvalue weighted by molar-refractivity contribution is 0.870. The van der Waals surface area contributed by atoms with Gasteiger partial charge in [0.1, 0.15) is 5.69 Å². The first-order chi connectivity index (χ1) is 9.77. The van der Waals surface area contributed by atoms with Crippen LogP contribution in [0.4, 0.5) is 11.4 Å². The number of nitrogens with two attached hydrogens (primary N) is 2. The Morgan fingerprint density at radius 2 is 1.75 bits per heavy atom. The summed E-state index contributed by atoms with van der Waals surface area (Å²) >= 11 is 0. The van der Waals surface area contributed by atoms with Gasteiger partial charge in [0, 0.05) is 18.0 Å². The third kappa shape index (κ3) is 2.01. The molecule has 0 saturated heterocycles. The van der Waals surface area contributed by atoms with Gasteiger partial charge in [-0.3, -0.25) is 9.97 Å². The Balaban J connectivity index is 2.13. The molecule has 0 bridgehead atoms. The first-order valence-electron chi connectivity index (χ1n) is 5.87. The lowest BCUT2D eigenvalue weighted by atomic mass is 10.1. The van der Waals surface area contributed by atoms with Gasteiger partial charge in [-0.25, -0.2) is 0 Å². The maximum atomic E-state index is 6.07. The van der Waals surface area contributed by atoms with Crippen molar-refractivity contribution in [2.24, 2.45) is 0 Å². The fraction of sp³-hybridized carbons (Fsp3) is 0. The number of nitrogen functional groups attached to an aromatic ring is 2. The van der Waals surface area contributed by atoms with E-state index in [9.17, 15) is 0 Å². The largest absolute Gasteiger partial charge is 0.396 e. The normalized spacial score (nSPS) is 10.4. The molecule has 3 aromatic heterocycles. The zero-order valence-electron chi connectivity index (χ0n) is 10.4. The lowest BCUT2D eigenvalue weighted by Crippen LogP contribution is -2.03. The molecule has 3 heterocycles. The van der Waals surface area contributed by atoms with Crippen LogP contribution in [0.25, 0.3) is 22.6 Å². The quantitative estimate of drug-likeness (QED) is 0.714. The Morgan fingerprint density at radius 3 is 2.45 bits per heavy atom. The third-order valence-electron chi connectivity index (χ3n) is 2.84. The second-order valence-electron chi connectivity index (χ2n) is 4.07. The number of hydrogen-bond acceptors (Lipinski definition) is 7. The summed E-state index contributed by atoms with van der Waals surface area (Å²) in [7, 11) is 0. The molecule has 20 heavy (non-hydrogen) atoms. The molecule has 0 amide bonds. The Labute approximate surface area is 114 Å². The van der Waals surface area contributed by atoms with E-state index in [0.717, 1.165) is 0 Å². The first-order valence-corrected chi connectivity index (χ1v) is 5.87. The number of hydrogen-bond donors (Lipinski definition) is 2. The van der Waals surface area contributed by atoms with Crippen molar-refractivity contribution in [2.45, 2.75) is 0 Å². The molecular formula is C13H11N7. The highest BCUT2D eigenvalue weighted by molar-refractivity contribution is 5.89. The number of rotatable bonds is 2. The van der Waals surface area contributed by atoms with Gasteiger partial charge < -0.3 is 11.5 Å². The van der Waals surface area contributed by atoms with Gasteiger partial charge in [0.05, 0.1) is 29.0 Å². The van der Waals surface area contributed by atoms with E-state index >= 15 is 0 Å². The summed E-state index contributed by atoms with van der Waals surface area (Å²) in [6.07, 6.45) is 4.82. The van der Waals surface area contributed by atoms with Crippen LogP contribution in [-0.4, -0.2) is 25.4 Å². The van der Waals surface area contributed by atoms with Crippen molar-refractivity contribution in [3.05, 3.63) is 42.9 Å². The smallest absolute Gasteiger partial charge is 0.114 e. The highest BCUT2D eigenvalue weighted by Gasteiger charge is 2.14. The molecule has 0 aliphatic rings. The first kappa shape index (κ1) is 12.0. The maximum Gasteiger partial charge on any atom is 0.114 e. The van der Waals surface area contributed by atoms with Crippen molar-refractivity contribution in [3.8, 4) is 22.6 Å². The molecule has 0 aromatic carbocycles. The topological polar surface area (TPSA) is 116 Å². The zero-order chi connectivity index (χ0) is 13.9. The van der Waals surface area contributed by atoms with Crippen LogP contribution in [0, 0.1) is 0 Å². The minimum atomic E-state index is 0.375. The van der Waals surface area contributed by atoms with Crippen molar-refractivity contribution in [1.29, 1.82) is 0 Å². The Kier molecular flexibility index (Phi) is 2.92. The molecule has 4 N–H and O–H groups in total. The van der Waals surface area contributed by atoms with Crippen LogP contribution in [0.5, 0.6) is 0 Å². The van der Waals surface area contributed by atoms with Gasteiger partial charge in [0.15, 0.2) is 0 Å². The van der Waals surface area contributed by atoms with Gasteiger partial charge in [0.2, 0.25) is 0 Å². The lowest BCUT2D eigenvalue weighted by Gasteiger charge is -2.10. The molecule has 0 radical (unpaired) electrons. The van der Waals surface area contributed by atoms with Gasteiger partial charge in [-0.1, -0.05) is 6.07 Å². The van der Waals surface area contributed by atoms with Gasteiger partial charge in [-0.05, 0) is 23.4 Å². The van der Waals surface area contributed by atoms with E-state index in [-0.39, 0.29) is 0 Å². The molecule has 0 fully saturated rings. The zero-order valence-corrected chi connectivity index (χ0v) is 10.4. The SMILES string of the molecule is Nc1c(-c2ccnnn2)cnc(-c2ccccn2)c1N. The second-order valence-corrected chi connectivity index (χ2v) is 4.07. The molecule has 7 nitrogen and oxygen atoms in total. The summed E-state index contributed by atoms with van der Waals surface area (Å²) in [5, 5.41) is 11.1. The molecule has 0 saturated carbocycles. The summed E-state index contributed by atoms with van der Waals surface area (Å²) in [6, 6.07) is 7.20. The van der Waals surface area contributed by atoms with E-state index in [1.807, 2.05) is 18.2 Å². The van der Waals surface area contributed by atoms with Crippen LogP contribution in [-0.2, 0) is 0 Å². The van der Waals surface area contributed by atoms with Crippen LogP contribution in [0.1, 0.15) is 0 Å². The minimum Gasteiger partial charge on any atom is -0.396 e. The highest BCUT2D eigenvalue weighted by Crippen LogP contribution is 2.33. The van der Waals surface area contributed by atoms with Crippen LogP contribution >= 0.6 is 0 Å². The summed E-state index contributed by atoms with van der Waals surface area (Å²) < 4.78 is 0. The fourth-order valence-corrected chi connectivity index (χ4v) is 1.84. The summed E-state index contributed by atoms with van der Waals surface area (Å²) in [5.74, 6) is 0. The van der Waals surface area contributed by atoms with Crippen molar-refractivity contribution in [3.63, 3.8) is 0 Å². The molecule has 98 valence electrons. The van der Waals surface area contributed by atoms with Crippen LogP contribution in [0.3, 0.4) is 0 Å². The van der Waals surface area contributed by atoms with E-state index in [2.05, 4.69) is 25.4 Å². The van der Waals surface area contributed by atoms with Crippen LogP contribution in [0.2, 0.25) is 0 Å². The summed E-state index contributed by atoms with van der Waals surface area (Å²) in [5.41, 5.74) is 15.3. The van der Waals surface area contributed by atoms with E-state index in [0.29, 0.717) is 34.0 Å². The van der Waals surface area contributed by atoms with E-state index in [1.165, 1.54) is 6.20 Å². The third-order valence-corrected chi connectivity index (χ3v) is 2.84. The minimum absolute atomic E-state index is 0.375. The molecule has 0 aliphatic heterocycles. The second kappa shape index (κ2) is 4.88. The number of nitrogens with zero attached hydrogens (tertiary/aromatic N) is 5. The molecule has 3 rings (SSSR count). The molecule has 0 unspecified atom stereocenters. The average molecular weight is 265 g/mol. The Bertz CT molecular complexity index is 664. The summed E-state index contributed by atoms with van der Waals surface area (Å²) in [6.45, 7) is 0. The summed E-state index contributed by atoms with van der Waals surface area (Å²) in [4.78, 5) is 8.55.